The number of halogens is 1. The molecule has 0 aliphatic carbocycles. The number of anilines is 1. The molecule has 2 rings (SSSR count). The van der Waals surface area contributed by atoms with Crippen molar-refractivity contribution in [3.05, 3.63) is 52.1 Å². The van der Waals surface area contributed by atoms with E-state index in [9.17, 15) is 13.2 Å². The molecule has 0 unspecified atom stereocenters. The fourth-order valence-electron chi connectivity index (χ4n) is 2.14. The molecule has 0 aromatic heterocycles. The Kier molecular flexibility index (Phi) is 6.22. The first-order chi connectivity index (χ1) is 11.3. The van der Waals surface area contributed by atoms with Gasteiger partial charge in [-0.25, -0.2) is 8.42 Å². The van der Waals surface area contributed by atoms with Crippen LogP contribution >= 0.6 is 22.6 Å². The highest BCUT2D eigenvalue weighted by atomic mass is 127. The number of rotatable bonds is 6. The third kappa shape index (κ3) is 4.70. The van der Waals surface area contributed by atoms with E-state index >= 15 is 0 Å². The molecular weight excluding hydrogens is 439 g/mol. The zero-order valence-corrected chi connectivity index (χ0v) is 16.4. The molecule has 0 aliphatic rings. The molecule has 24 heavy (non-hydrogen) atoms. The predicted molar refractivity (Wildman–Crippen MR) is 103 cm³/mol. The van der Waals surface area contributed by atoms with Crippen molar-refractivity contribution in [3.63, 3.8) is 0 Å². The third-order valence-electron chi connectivity index (χ3n) is 3.18. The van der Waals surface area contributed by atoms with Crippen LogP contribution in [0.3, 0.4) is 0 Å². The lowest BCUT2D eigenvalue weighted by Gasteiger charge is -2.14. The molecule has 0 saturated heterocycles. The van der Waals surface area contributed by atoms with E-state index < -0.39 is 9.84 Å². The Morgan fingerprint density at radius 3 is 2.42 bits per heavy atom. The van der Waals surface area contributed by atoms with Crippen molar-refractivity contribution in [1.82, 2.24) is 5.32 Å². The highest BCUT2D eigenvalue weighted by Gasteiger charge is 2.22. The second-order valence-electron chi connectivity index (χ2n) is 5.53. The Hall–Kier alpha value is -1.61. The van der Waals surface area contributed by atoms with Crippen LogP contribution in [0.5, 0.6) is 0 Å². The van der Waals surface area contributed by atoms with Gasteiger partial charge in [0.25, 0.3) is 0 Å². The van der Waals surface area contributed by atoms with Crippen molar-refractivity contribution in [2.24, 2.45) is 0 Å². The van der Waals surface area contributed by atoms with Crippen molar-refractivity contribution in [2.75, 3.05) is 11.9 Å². The van der Waals surface area contributed by atoms with Crippen molar-refractivity contribution in [3.8, 4) is 0 Å². The molecule has 7 heteroatoms. The third-order valence-corrected chi connectivity index (χ3v) is 5.66. The minimum absolute atomic E-state index is 0.0100. The number of carbonyl (C=O) groups is 1. The van der Waals surface area contributed by atoms with E-state index in [-0.39, 0.29) is 28.3 Å². The first kappa shape index (κ1) is 18.7. The fourth-order valence-corrected chi connectivity index (χ4v) is 4.32. The first-order valence-corrected chi connectivity index (χ1v) is 10.00. The van der Waals surface area contributed by atoms with Gasteiger partial charge in [-0.1, -0.05) is 18.2 Å². The van der Waals surface area contributed by atoms with Gasteiger partial charge in [0.05, 0.1) is 22.0 Å². The van der Waals surface area contributed by atoms with E-state index in [0.29, 0.717) is 5.69 Å². The summed E-state index contributed by atoms with van der Waals surface area (Å²) in [5, 5.41) is 5.69. The number of benzene rings is 2. The van der Waals surface area contributed by atoms with Gasteiger partial charge in [-0.3, -0.25) is 4.79 Å². The van der Waals surface area contributed by atoms with Gasteiger partial charge >= 0.3 is 0 Å². The van der Waals surface area contributed by atoms with Crippen LogP contribution in [0.25, 0.3) is 0 Å². The SMILES string of the molecule is CC(C)NC(=O)CNc1ccc(I)cc1S(=O)(=O)c1ccccc1. The molecular formula is C17H19IN2O3S. The maximum absolute atomic E-state index is 12.9. The fraction of sp³-hybridized carbons (Fsp3) is 0.235. The lowest BCUT2D eigenvalue weighted by molar-refractivity contribution is -0.119. The van der Waals surface area contributed by atoms with Gasteiger partial charge in [0.1, 0.15) is 0 Å². The molecule has 0 atom stereocenters. The molecule has 1 amide bonds. The lowest BCUT2D eigenvalue weighted by atomic mass is 10.3. The van der Waals surface area contributed by atoms with Crippen LogP contribution in [0, 0.1) is 3.57 Å². The second kappa shape index (κ2) is 7.98. The summed E-state index contributed by atoms with van der Waals surface area (Å²) in [7, 11) is -3.66. The number of nitrogens with one attached hydrogen (secondary N) is 2. The van der Waals surface area contributed by atoms with Gasteiger partial charge < -0.3 is 10.6 Å². The van der Waals surface area contributed by atoms with Crippen LogP contribution in [-0.4, -0.2) is 26.9 Å². The molecule has 0 heterocycles. The minimum Gasteiger partial charge on any atom is -0.375 e. The Morgan fingerprint density at radius 1 is 1.12 bits per heavy atom. The monoisotopic (exact) mass is 458 g/mol. The summed E-state index contributed by atoms with van der Waals surface area (Å²) < 4.78 is 26.6. The molecule has 2 aromatic carbocycles. The Morgan fingerprint density at radius 2 is 1.79 bits per heavy atom. The van der Waals surface area contributed by atoms with Gasteiger partial charge in [-0.15, -0.1) is 0 Å². The minimum atomic E-state index is -3.66. The molecule has 0 saturated carbocycles. The smallest absolute Gasteiger partial charge is 0.239 e. The average molecular weight is 458 g/mol. The van der Waals surface area contributed by atoms with Crippen molar-refractivity contribution < 1.29 is 13.2 Å². The Bertz CT molecular complexity index is 821. The summed E-state index contributed by atoms with van der Waals surface area (Å²) >= 11 is 2.07. The number of sulfone groups is 1. The molecule has 0 aliphatic heterocycles. The maximum Gasteiger partial charge on any atom is 0.239 e. The quantitative estimate of drug-likeness (QED) is 0.653. The topological polar surface area (TPSA) is 75.3 Å². The van der Waals surface area contributed by atoms with Crippen LogP contribution in [0.2, 0.25) is 0 Å². The standard InChI is InChI=1S/C17H19IN2O3S/c1-12(2)20-17(21)11-19-15-9-8-13(18)10-16(15)24(22,23)14-6-4-3-5-7-14/h3-10,12,19H,11H2,1-2H3,(H,20,21). The van der Waals surface area contributed by atoms with E-state index in [1.165, 1.54) is 0 Å². The van der Waals surface area contributed by atoms with Gasteiger partial charge in [0.2, 0.25) is 15.7 Å². The summed E-state index contributed by atoms with van der Waals surface area (Å²) in [6, 6.07) is 13.4. The molecule has 0 radical (unpaired) electrons. The molecule has 0 bridgehead atoms. The van der Waals surface area contributed by atoms with Gasteiger partial charge in [0, 0.05) is 9.61 Å². The summed E-state index contributed by atoms with van der Waals surface area (Å²) in [5.74, 6) is -0.188. The number of amides is 1. The Labute approximate surface area is 155 Å². The maximum atomic E-state index is 12.9. The Balaban J connectivity index is 2.33. The zero-order valence-electron chi connectivity index (χ0n) is 13.4. The molecule has 0 spiro atoms. The van der Waals surface area contributed by atoms with Crippen LogP contribution in [0.4, 0.5) is 5.69 Å². The average Bonchev–Trinajstić information content (AvgIpc) is 2.54. The molecule has 0 fully saturated rings. The highest BCUT2D eigenvalue weighted by molar-refractivity contribution is 14.1. The van der Waals surface area contributed by atoms with E-state index in [0.717, 1.165) is 3.57 Å². The summed E-state index contributed by atoms with van der Waals surface area (Å²) in [6.45, 7) is 3.75. The number of hydrogen-bond acceptors (Lipinski definition) is 4. The first-order valence-electron chi connectivity index (χ1n) is 7.43. The lowest BCUT2D eigenvalue weighted by Crippen LogP contribution is -2.35. The van der Waals surface area contributed by atoms with Crippen molar-refractivity contribution >= 4 is 44.0 Å². The van der Waals surface area contributed by atoms with E-state index in [4.69, 9.17) is 0 Å². The molecule has 128 valence electrons. The van der Waals surface area contributed by atoms with Crippen LogP contribution in [0.15, 0.2) is 58.3 Å². The summed E-state index contributed by atoms with van der Waals surface area (Å²) in [5.41, 5.74) is 0.415. The van der Waals surface area contributed by atoms with E-state index in [1.54, 1.807) is 48.5 Å². The van der Waals surface area contributed by atoms with E-state index in [1.807, 2.05) is 13.8 Å². The highest BCUT2D eigenvalue weighted by Crippen LogP contribution is 2.29. The largest absolute Gasteiger partial charge is 0.375 e. The van der Waals surface area contributed by atoms with Gasteiger partial charge in [-0.05, 0) is 66.8 Å². The van der Waals surface area contributed by atoms with Crippen LogP contribution < -0.4 is 10.6 Å². The number of hydrogen-bond donors (Lipinski definition) is 2. The molecule has 5 nitrogen and oxygen atoms in total. The van der Waals surface area contributed by atoms with Gasteiger partial charge in [-0.2, -0.15) is 0 Å². The molecule has 2 aromatic rings. The van der Waals surface area contributed by atoms with Crippen molar-refractivity contribution in [2.45, 2.75) is 29.7 Å². The predicted octanol–water partition coefficient (Wildman–Crippen LogP) is 3.06. The van der Waals surface area contributed by atoms with Gasteiger partial charge in [0.15, 0.2) is 0 Å². The number of carbonyl (C=O) groups excluding carboxylic acids is 1. The summed E-state index contributed by atoms with van der Waals surface area (Å²) in [6.07, 6.45) is 0. The normalized spacial score (nSPS) is 11.3. The van der Waals surface area contributed by atoms with Crippen molar-refractivity contribution in [1.29, 1.82) is 0 Å². The van der Waals surface area contributed by atoms with E-state index in [2.05, 4.69) is 33.2 Å². The second-order valence-corrected chi connectivity index (χ2v) is 8.70. The zero-order chi connectivity index (χ0) is 17.7. The molecule has 2 N–H and O–H groups in total. The van der Waals surface area contributed by atoms with Crippen LogP contribution in [-0.2, 0) is 14.6 Å². The van der Waals surface area contributed by atoms with Crippen LogP contribution in [0.1, 0.15) is 13.8 Å². The summed E-state index contributed by atoms with van der Waals surface area (Å²) in [4.78, 5) is 12.2.